The third-order valence-electron chi connectivity index (χ3n) is 3.60. The number of aromatic carboxylic acids is 1. The minimum atomic E-state index is -0.960. The summed E-state index contributed by atoms with van der Waals surface area (Å²) in [5.41, 5.74) is 1.11. The Morgan fingerprint density at radius 1 is 1.36 bits per heavy atom. The molecule has 6 heteroatoms. The van der Waals surface area contributed by atoms with Crippen LogP contribution in [0, 0.1) is 0 Å². The van der Waals surface area contributed by atoms with E-state index in [0.29, 0.717) is 13.2 Å². The molecule has 1 heterocycles. The van der Waals surface area contributed by atoms with Crippen molar-refractivity contribution < 1.29 is 24.2 Å². The molecular formula is C16H21NO5. The zero-order valence-electron chi connectivity index (χ0n) is 12.7. The van der Waals surface area contributed by atoms with Crippen LogP contribution < -0.4 is 0 Å². The van der Waals surface area contributed by atoms with Crippen molar-refractivity contribution in [1.29, 1.82) is 0 Å². The lowest BCUT2D eigenvalue weighted by molar-refractivity contribution is -0.136. The average molecular weight is 307 g/mol. The van der Waals surface area contributed by atoms with Crippen LogP contribution in [0.4, 0.5) is 0 Å². The van der Waals surface area contributed by atoms with Crippen LogP contribution in [0.25, 0.3) is 0 Å². The van der Waals surface area contributed by atoms with E-state index in [9.17, 15) is 9.59 Å². The van der Waals surface area contributed by atoms with Crippen LogP contribution in [0.1, 0.15) is 28.8 Å². The molecule has 1 fully saturated rings. The number of hydrogen-bond donors (Lipinski definition) is 1. The standard InChI is InChI=1S/C16H21NO5/c1-17(9-12-4-6-13(7-5-12)16(19)20)15(18)11-21-10-14-3-2-8-22-14/h4-7,14H,2-3,8-11H2,1H3,(H,19,20)/t14-/m0/s1. The lowest BCUT2D eigenvalue weighted by Crippen LogP contribution is -2.31. The highest BCUT2D eigenvalue weighted by Crippen LogP contribution is 2.12. The molecule has 0 aromatic heterocycles. The molecule has 1 N–H and O–H groups in total. The summed E-state index contributed by atoms with van der Waals surface area (Å²) in [7, 11) is 1.70. The van der Waals surface area contributed by atoms with Gasteiger partial charge in [-0.05, 0) is 30.5 Å². The number of amides is 1. The predicted octanol–water partition coefficient (Wildman–Crippen LogP) is 1.54. The van der Waals surface area contributed by atoms with Crippen LogP contribution in [0.15, 0.2) is 24.3 Å². The maximum absolute atomic E-state index is 12.0. The van der Waals surface area contributed by atoms with Gasteiger partial charge >= 0.3 is 5.97 Å². The van der Waals surface area contributed by atoms with E-state index >= 15 is 0 Å². The van der Waals surface area contributed by atoms with Crippen molar-refractivity contribution in [2.75, 3.05) is 26.9 Å². The average Bonchev–Trinajstić information content (AvgIpc) is 3.01. The van der Waals surface area contributed by atoms with Crippen LogP contribution in [-0.2, 0) is 20.8 Å². The van der Waals surface area contributed by atoms with Crippen LogP contribution in [0.5, 0.6) is 0 Å². The fourth-order valence-electron chi connectivity index (χ4n) is 2.28. The second-order valence-electron chi connectivity index (χ2n) is 5.40. The molecule has 1 saturated heterocycles. The molecule has 0 saturated carbocycles. The second-order valence-corrected chi connectivity index (χ2v) is 5.40. The van der Waals surface area contributed by atoms with Crippen LogP contribution in [-0.4, -0.2) is 54.9 Å². The first-order valence-corrected chi connectivity index (χ1v) is 7.32. The molecule has 0 bridgehead atoms. The Kier molecular flexibility index (Phi) is 5.91. The number of nitrogens with zero attached hydrogens (tertiary/aromatic N) is 1. The van der Waals surface area contributed by atoms with Gasteiger partial charge in [-0.1, -0.05) is 12.1 Å². The maximum atomic E-state index is 12.0. The van der Waals surface area contributed by atoms with Gasteiger partial charge in [0.05, 0.1) is 18.3 Å². The molecule has 1 aromatic rings. The number of rotatable bonds is 7. The second kappa shape index (κ2) is 7.91. The molecule has 1 aliphatic rings. The Morgan fingerprint density at radius 2 is 2.09 bits per heavy atom. The molecule has 120 valence electrons. The first-order valence-electron chi connectivity index (χ1n) is 7.32. The minimum absolute atomic E-state index is 0.0313. The van der Waals surface area contributed by atoms with Crippen LogP contribution in [0.3, 0.4) is 0 Å². The van der Waals surface area contributed by atoms with E-state index in [-0.39, 0.29) is 24.2 Å². The van der Waals surface area contributed by atoms with Crippen molar-refractivity contribution in [2.45, 2.75) is 25.5 Å². The fraction of sp³-hybridized carbons (Fsp3) is 0.500. The summed E-state index contributed by atoms with van der Waals surface area (Å²) >= 11 is 0. The lowest BCUT2D eigenvalue weighted by Gasteiger charge is -2.18. The Bertz CT molecular complexity index is 508. The zero-order chi connectivity index (χ0) is 15.9. The molecule has 1 aromatic carbocycles. The van der Waals surface area contributed by atoms with Gasteiger partial charge in [0.25, 0.3) is 0 Å². The van der Waals surface area contributed by atoms with Gasteiger partial charge in [-0.3, -0.25) is 4.79 Å². The molecule has 0 unspecified atom stereocenters. The van der Waals surface area contributed by atoms with Gasteiger partial charge in [0, 0.05) is 20.2 Å². The van der Waals surface area contributed by atoms with Crippen molar-refractivity contribution >= 4 is 11.9 Å². The summed E-state index contributed by atoms with van der Waals surface area (Å²) in [6, 6.07) is 6.48. The van der Waals surface area contributed by atoms with Gasteiger partial charge < -0.3 is 19.5 Å². The molecule has 0 aliphatic carbocycles. The number of carboxylic acids is 1. The van der Waals surface area contributed by atoms with Gasteiger partial charge in [-0.15, -0.1) is 0 Å². The molecule has 1 aliphatic heterocycles. The van der Waals surface area contributed by atoms with Gasteiger partial charge in [-0.25, -0.2) is 4.79 Å². The maximum Gasteiger partial charge on any atom is 0.335 e. The lowest BCUT2D eigenvalue weighted by atomic mass is 10.1. The number of likely N-dealkylation sites (N-methyl/N-ethyl adjacent to an activating group) is 1. The number of carboxylic acid groups (broad SMARTS) is 1. The number of carbonyl (C=O) groups excluding carboxylic acids is 1. The number of carbonyl (C=O) groups is 2. The van der Waals surface area contributed by atoms with E-state index in [1.54, 1.807) is 24.1 Å². The van der Waals surface area contributed by atoms with E-state index in [1.807, 2.05) is 0 Å². The molecule has 0 radical (unpaired) electrons. The van der Waals surface area contributed by atoms with Gasteiger partial charge in [0.1, 0.15) is 6.61 Å². The molecule has 0 spiro atoms. The van der Waals surface area contributed by atoms with Crippen molar-refractivity contribution in [3.8, 4) is 0 Å². The summed E-state index contributed by atoms with van der Waals surface area (Å²) in [5, 5.41) is 8.84. The molecule has 22 heavy (non-hydrogen) atoms. The molecule has 6 nitrogen and oxygen atoms in total. The topological polar surface area (TPSA) is 76.1 Å². The van der Waals surface area contributed by atoms with E-state index in [2.05, 4.69) is 0 Å². The third-order valence-corrected chi connectivity index (χ3v) is 3.60. The fourth-order valence-corrected chi connectivity index (χ4v) is 2.28. The Labute approximate surface area is 129 Å². The Hall–Kier alpha value is -1.92. The van der Waals surface area contributed by atoms with Crippen molar-refractivity contribution in [3.63, 3.8) is 0 Å². The van der Waals surface area contributed by atoms with Gasteiger partial charge in [-0.2, -0.15) is 0 Å². The van der Waals surface area contributed by atoms with E-state index in [4.69, 9.17) is 14.6 Å². The van der Waals surface area contributed by atoms with Crippen molar-refractivity contribution in [3.05, 3.63) is 35.4 Å². The highest BCUT2D eigenvalue weighted by molar-refractivity contribution is 5.87. The number of ether oxygens (including phenoxy) is 2. The molecular weight excluding hydrogens is 286 g/mol. The first-order chi connectivity index (χ1) is 10.6. The van der Waals surface area contributed by atoms with E-state index in [0.717, 1.165) is 25.0 Å². The Balaban J connectivity index is 1.74. The smallest absolute Gasteiger partial charge is 0.335 e. The largest absolute Gasteiger partial charge is 0.478 e. The van der Waals surface area contributed by atoms with Crippen molar-refractivity contribution in [1.82, 2.24) is 4.90 Å². The zero-order valence-corrected chi connectivity index (χ0v) is 12.7. The summed E-state index contributed by atoms with van der Waals surface area (Å²) in [6.45, 7) is 1.67. The summed E-state index contributed by atoms with van der Waals surface area (Å²) in [6.07, 6.45) is 2.15. The SMILES string of the molecule is CN(Cc1ccc(C(=O)O)cc1)C(=O)COC[C@@H]1CCCO1. The van der Waals surface area contributed by atoms with Crippen molar-refractivity contribution in [2.24, 2.45) is 0 Å². The number of hydrogen-bond acceptors (Lipinski definition) is 4. The predicted molar refractivity (Wildman–Crippen MR) is 79.7 cm³/mol. The highest BCUT2D eigenvalue weighted by Gasteiger charge is 2.17. The normalized spacial score (nSPS) is 17.4. The first kappa shape index (κ1) is 16.5. The highest BCUT2D eigenvalue weighted by atomic mass is 16.5. The van der Waals surface area contributed by atoms with Crippen LogP contribution >= 0.6 is 0 Å². The van der Waals surface area contributed by atoms with Gasteiger partial charge in [0.15, 0.2) is 0 Å². The minimum Gasteiger partial charge on any atom is -0.478 e. The van der Waals surface area contributed by atoms with E-state index in [1.165, 1.54) is 12.1 Å². The molecule has 2 rings (SSSR count). The summed E-state index contributed by atoms with van der Waals surface area (Å²) in [5.74, 6) is -1.07. The van der Waals surface area contributed by atoms with Crippen LogP contribution in [0.2, 0.25) is 0 Å². The molecule has 1 atom stereocenters. The van der Waals surface area contributed by atoms with Gasteiger partial charge in [0.2, 0.25) is 5.91 Å². The monoisotopic (exact) mass is 307 g/mol. The summed E-state index contributed by atoms with van der Waals surface area (Å²) in [4.78, 5) is 24.3. The Morgan fingerprint density at radius 3 is 2.68 bits per heavy atom. The molecule has 1 amide bonds. The number of benzene rings is 1. The summed E-state index contributed by atoms with van der Waals surface area (Å²) < 4.78 is 10.8. The van der Waals surface area contributed by atoms with E-state index < -0.39 is 5.97 Å². The third kappa shape index (κ3) is 4.82. The quantitative estimate of drug-likeness (QED) is 0.827.